The maximum absolute atomic E-state index is 14.0. The molecule has 0 spiro atoms. The van der Waals surface area contributed by atoms with E-state index >= 15 is 0 Å². The van der Waals surface area contributed by atoms with Crippen LogP contribution in [0, 0.1) is 30.6 Å². The van der Waals surface area contributed by atoms with Gasteiger partial charge < -0.3 is 10.6 Å². The lowest BCUT2D eigenvalue weighted by Crippen LogP contribution is -2.62. The SMILES string of the molecule is CN[C@@H](c1ccccc1C)[C@]1([C@@H]2C3C=CC=C(Cl)C3[C@@H]2C)C(=O)Nc2cc(Cl)ccc21. The number of anilines is 1. The van der Waals surface area contributed by atoms with Gasteiger partial charge in [0.25, 0.3) is 0 Å². The lowest BCUT2D eigenvalue weighted by atomic mass is 9.44. The zero-order chi connectivity index (χ0) is 21.9. The van der Waals surface area contributed by atoms with Crippen LogP contribution in [0.4, 0.5) is 5.69 Å². The molecule has 1 heterocycles. The second kappa shape index (κ2) is 7.51. The van der Waals surface area contributed by atoms with Gasteiger partial charge in [-0.15, -0.1) is 0 Å². The van der Waals surface area contributed by atoms with Gasteiger partial charge in [-0.2, -0.15) is 0 Å². The molecule has 5 heteroatoms. The van der Waals surface area contributed by atoms with Crippen LogP contribution in [-0.2, 0) is 10.2 Å². The number of allylic oxidation sites excluding steroid dienone is 4. The Hall–Kier alpha value is -2.07. The fourth-order valence-electron chi connectivity index (χ4n) is 6.46. The summed E-state index contributed by atoms with van der Waals surface area (Å²) in [4.78, 5) is 14.0. The highest BCUT2D eigenvalue weighted by Gasteiger charge is 2.66. The lowest BCUT2D eigenvalue weighted by Gasteiger charge is -2.59. The number of nitrogens with one attached hydrogen (secondary N) is 2. The number of hydrogen-bond donors (Lipinski definition) is 2. The predicted molar refractivity (Wildman–Crippen MR) is 127 cm³/mol. The first-order chi connectivity index (χ1) is 14.9. The number of rotatable bonds is 4. The van der Waals surface area contributed by atoms with Crippen LogP contribution in [0.3, 0.4) is 0 Å². The Bertz CT molecular complexity index is 1120. The molecule has 31 heavy (non-hydrogen) atoms. The van der Waals surface area contributed by atoms with E-state index in [9.17, 15) is 4.79 Å². The Labute approximate surface area is 193 Å². The third kappa shape index (κ3) is 2.80. The van der Waals surface area contributed by atoms with E-state index in [1.165, 1.54) is 0 Å². The molecule has 3 nitrogen and oxygen atoms in total. The summed E-state index contributed by atoms with van der Waals surface area (Å²) in [5.74, 6) is 0.843. The average Bonchev–Trinajstić information content (AvgIpc) is 3.00. The number of benzene rings is 2. The van der Waals surface area contributed by atoms with Crippen LogP contribution in [0.25, 0.3) is 0 Å². The van der Waals surface area contributed by atoms with Crippen molar-refractivity contribution in [1.29, 1.82) is 0 Å². The van der Waals surface area contributed by atoms with Crippen LogP contribution in [0.2, 0.25) is 5.02 Å². The van der Waals surface area contributed by atoms with Crippen molar-refractivity contribution < 1.29 is 4.79 Å². The number of carbonyl (C=O) groups excluding carboxylic acids is 1. The van der Waals surface area contributed by atoms with E-state index in [4.69, 9.17) is 23.2 Å². The summed E-state index contributed by atoms with van der Waals surface area (Å²) in [5.41, 5.74) is 3.35. The molecule has 2 aliphatic carbocycles. The van der Waals surface area contributed by atoms with Crippen molar-refractivity contribution >= 4 is 34.8 Å². The van der Waals surface area contributed by atoms with Crippen LogP contribution in [0.15, 0.2) is 65.7 Å². The zero-order valence-electron chi connectivity index (χ0n) is 17.8. The molecule has 5 rings (SSSR count). The Morgan fingerprint density at radius 1 is 1.16 bits per heavy atom. The molecule has 2 unspecified atom stereocenters. The van der Waals surface area contributed by atoms with Crippen molar-refractivity contribution in [1.82, 2.24) is 5.32 Å². The summed E-state index contributed by atoms with van der Waals surface area (Å²) in [6, 6.07) is 13.9. The molecule has 2 aromatic carbocycles. The number of amides is 1. The number of hydrogen-bond acceptors (Lipinski definition) is 2. The maximum atomic E-state index is 14.0. The van der Waals surface area contributed by atoms with Crippen LogP contribution < -0.4 is 10.6 Å². The van der Waals surface area contributed by atoms with Crippen molar-refractivity contribution in [3.05, 3.63) is 87.4 Å². The molecule has 1 fully saturated rings. The quantitative estimate of drug-likeness (QED) is 0.597. The molecule has 2 aromatic rings. The minimum absolute atomic E-state index is 0.0294. The van der Waals surface area contributed by atoms with Gasteiger partial charge in [-0.05, 0) is 66.6 Å². The summed E-state index contributed by atoms with van der Waals surface area (Å²) in [6.07, 6.45) is 6.25. The topological polar surface area (TPSA) is 41.1 Å². The minimum Gasteiger partial charge on any atom is -0.325 e. The average molecular weight is 453 g/mol. The van der Waals surface area contributed by atoms with Gasteiger partial charge in [0.2, 0.25) is 5.91 Å². The zero-order valence-corrected chi connectivity index (χ0v) is 19.3. The Kier molecular flexibility index (Phi) is 5.04. The third-order valence-corrected chi connectivity index (χ3v) is 8.30. The molecule has 2 N–H and O–H groups in total. The van der Waals surface area contributed by atoms with E-state index in [1.807, 2.05) is 49.5 Å². The molecular formula is C26H26Cl2N2O. The van der Waals surface area contributed by atoms with Crippen molar-refractivity contribution in [2.45, 2.75) is 25.3 Å². The summed E-state index contributed by atoms with van der Waals surface area (Å²) in [7, 11) is 1.95. The van der Waals surface area contributed by atoms with Gasteiger partial charge in [-0.3, -0.25) is 4.79 Å². The van der Waals surface area contributed by atoms with Crippen molar-refractivity contribution in [3.63, 3.8) is 0 Å². The Morgan fingerprint density at radius 3 is 2.68 bits per heavy atom. The van der Waals surface area contributed by atoms with E-state index in [-0.39, 0.29) is 35.6 Å². The first-order valence-electron chi connectivity index (χ1n) is 10.8. The largest absolute Gasteiger partial charge is 0.325 e. The Morgan fingerprint density at radius 2 is 1.94 bits per heavy atom. The van der Waals surface area contributed by atoms with E-state index in [1.54, 1.807) is 0 Å². The number of likely N-dealkylation sites (N-methyl/N-ethyl adjacent to an activating group) is 1. The summed E-state index contributed by atoms with van der Waals surface area (Å²) in [6.45, 7) is 4.34. The number of fused-ring (bicyclic) bond motifs is 2. The van der Waals surface area contributed by atoms with Gasteiger partial charge in [0.15, 0.2) is 0 Å². The summed E-state index contributed by atoms with van der Waals surface area (Å²) in [5, 5.41) is 8.22. The van der Waals surface area contributed by atoms with E-state index < -0.39 is 5.41 Å². The van der Waals surface area contributed by atoms with Gasteiger partial charge in [0.05, 0.1) is 11.5 Å². The molecule has 0 aromatic heterocycles. The number of aryl methyl sites for hydroxylation is 1. The highest BCUT2D eigenvalue weighted by Crippen LogP contribution is 2.65. The molecule has 160 valence electrons. The van der Waals surface area contributed by atoms with E-state index in [0.717, 1.165) is 27.4 Å². The van der Waals surface area contributed by atoms with Crippen LogP contribution >= 0.6 is 23.2 Å². The van der Waals surface area contributed by atoms with Crippen LogP contribution in [0.5, 0.6) is 0 Å². The number of carbonyl (C=O) groups is 1. The first-order valence-corrected chi connectivity index (χ1v) is 11.5. The van der Waals surface area contributed by atoms with Crippen molar-refractivity contribution in [2.24, 2.45) is 23.7 Å². The van der Waals surface area contributed by atoms with Gasteiger partial charge in [-0.1, -0.05) is 72.6 Å². The Balaban J connectivity index is 1.76. The van der Waals surface area contributed by atoms with Gasteiger partial charge in [-0.25, -0.2) is 0 Å². The molecule has 0 radical (unpaired) electrons. The molecule has 0 bridgehead atoms. The fraction of sp³-hybridized carbons (Fsp3) is 0.346. The smallest absolute Gasteiger partial charge is 0.237 e. The molecule has 1 amide bonds. The number of halogens is 2. The van der Waals surface area contributed by atoms with Gasteiger partial charge >= 0.3 is 0 Å². The molecule has 3 aliphatic rings. The van der Waals surface area contributed by atoms with Crippen LogP contribution in [0.1, 0.15) is 29.7 Å². The molecule has 0 saturated heterocycles. The van der Waals surface area contributed by atoms with Crippen molar-refractivity contribution in [3.8, 4) is 0 Å². The summed E-state index contributed by atoms with van der Waals surface area (Å²) >= 11 is 12.9. The van der Waals surface area contributed by atoms with Crippen molar-refractivity contribution in [2.75, 3.05) is 12.4 Å². The third-order valence-electron chi connectivity index (χ3n) is 7.69. The lowest BCUT2D eigenvalue weighted by molar-refractivity contribution is -0.132. The molecule has 6 atom stereocenters. The highest BCUT2D eigenvalue weighted by molar-refractivity contribution is 6.31. The molecular weight excluding hydrogens is 427 g/mol. The highest BCUT2D eigenvalue weighted by atomic mass is 35.5. The van der Waals surface area contributed by atoms with Gasteiger partial charge in [0, 0.05) is 21.7 Å². The standard InChI is InChI=1S/C26H26Cl2N2O/c1-14-7-4-5-8-17(14)24(29-3)26(19-12-11-16(27)13-21(19)30-25(26)31)23-15(2)22-18(23)9-6-10-20(22)28/h4-13,15,18,22-24,29H,1-3H3,(H,30,31)/t15-,18?,22?,23-,24-,26-/m0/s1. The summed E-state index contributed by atoms with van der Waals surface area (Å²) < 4.78 is 0. The fourth-order valence-corrected chi connectivity index (χ4v) is 7.05. The normalized spacial score (nSPS) is 31.9. The van der Waals surface area contributed by atoms with Gasteiger partial charge in [0.1, 0.15) is 0 Å². The van der Waals surface area contributed by atoms with Crippen LogP contribution in [-0.4, -0.2) is 13.0 Å². The van der Waals surface area contributed by atoms with E-state index in [0.29, 0.717) is 5.02 Å². The molecule has 1 aliphatic heterocycles. The molecule has 1 saturated carbocycles. The first kappa shape index (κ1) is 20.8. The predicted octanol–water partition coefficient (Wildman–Crippen LogP) is 5.99. The van der Waals surface area contributed by atoms with E-state index in [2.05, 4.69) is 42.7 Å². The monoisotopic (exact) mass is 452 g/mol. The second-order valence-electron chi connectivity index (χ2n) is 9.02. The minimum atomic E-state index is -0.778. The second-order valence-corrected chi connectivity index (χ2v) is 9.89. The maximum Gasteiger partial charge on any atom is 0.237 e.